The van der Waals surface area contributed by atoms with Crippen molar-refractivity contribution < 1.29 is 12.8 Å². The van der Waals surface area contributed by atoms with Crippen LogP contribution in [-0.4, -0.2) is 8.42 Å². The summed E-state index contributed by atoms with van der Waals surface area (Å²) in [5.74, 6) is -0.477. The lowest BCUT2D eigenvalue weighted by Crippen LogP contribution is -2.14. The smallest absolute Gasteiger partial charge is 0.263 e. The van der Waals surface area contributed by atoms with Crippen LogP contribution in [0.1, 0.15) is 0 Å². The number of sulfonamides is 1. The Bertz CT molecular complexity index is 766. The Morgan fingerprint density at radius 2 is 1.80 bits per heavy atom. The van der Waals surface area contributed by atoms with Crippen LogP contribution in [0.25, 0.3) is 0 Å². The zero-order chi connectivity index (χ0) is 14.9. The van der Waals surface area contributed by atoms with Crippen molar-refractivity contribution >= 4 is 53.3 Å². The number of hydrogen-bond acceptors (Lipinski definition) is 3. The van der Waals surface area contributed by atoms with Gasteiger partial charge in [-0.05, 0) is 52.3 Å². The summed E-state index contributed by atoms with van der Waals surface area (Å²) in [6.07, 6.45) is 0. The lowest BCUT2D eigenvalue weighted by molar-refractivity contribution is 0.601. The molecular weight excluding hydrogens is 415 g/mol. The number of nitrogens with one attached hydrogen (secondary N) is 1. The van der Waals surface area contributed by atoms with Gasteiger partial charge < -0.3 is 5.73 Å². The van der Waals surface area contributed by atoms with Crippen molar-refractivity contribution in [1.29, 1.82) is 0 Å². The third kappa shape index (κ3) is 3.31. The summed E-state index contributed by atoms with van der Waals surface area (Å²) in [7, 11) is -3.84. The molecule has 8 heteroatoms. The third-order valence-electron chi connectivity index (χ3n) is 2.44. The summed E-state index contributed by atoms with van der Waals surface area (Å²) in [6.45, 7) is 0. The first-order valence-corrected chi connectivity index (χ1v) is 8.39. The molecule has 0 amide bonds. The Hall–Kier alpha value is -1.12. The molecule has 0 heterocycles. The highest BCUT2D eigenvalue weighted by Gasteiger charge is 2.18. The summed E-state index contributed by atoms with van der Waals surface area (Å²) in [6, 6.07) is 8.34. The fourth-order valence-electron chi connectivity index (χ4n) is 1.51. The van der Waals surface area contributed by atoms with Gasteiger partial charge in [-0.15, -0.1) is 0 Å². The second-order valence-corrected chi connectivity index (χ2v) is 7.34. The number of rotatable bonds is 3. The molecule has 0 saturated heterocycles. The minimum Gasteiger partial charge on any atom is -0.398 e. The molecule has 3 N–H and O–H groups in total. The van der Waals surface area contributed by atoms with E-state index in [1.54, 1.807) is 6.07 Å². The fourth-order valence-corrected chi connectivity index (χ4v) is 3.61. The van der Waals surface area contributed by atoms with Gasteiger partial charge in [0.1, 0.15) is 10.7 Å². The Morgan fingerprint density at radius 1 is 1.10 bits per heavy atom. The number of nitrogens with two attached hydrogens (primary N) is 1. The average Bonchev–Trinajstić information content (AvgIpc) is 2.36. The van der Waals surface area contributed by atoms with Crippen molar-refractivity contribution in [2.24, 2.45) is 0 Å². The number of halogens is 3. The molecule has 20 heavy (non-hydrogen) atoms. The van der Waals surface area contributed by atoms with Crippen LogP contribution in [-0.2, 0) is 10.0 Å². The van der Waals surface area contributed by atoms with E-state index in [0.717, 1.165) is 6.07 Å². The number of anilines is 2. The zero-order valence-electron chi connectivity index (χ0n) is 9.90. The predicted molar refractivity (Wildman–Crippen MR) is 83.5 cm³/mol. The molecule has 4 nitrogen and oxygen atoms in total. The third-order valence-corrected chi connectivity index (χ3v) is 4.97. The van der Waals surface area contributed by atoms with Gasteiger partial charge in [-0.25, -0.2) is 12.8 Å². The van der Waals surface area contributed by atoms with E-state index in [4.69, 9.17) is 5.73 Å². The van der Waals surface area contributed by atoms with Gasteiger partial charge in [0.25, 0.3) is 10.0 Å². The maximum atomic E-state index is 13.1. The molecule has 2 aromatic rings. The molecule has 0 fully saturated rings. The molecule has 2 rings (SSSR count). The highest BCUT2D eigenvalue weighted by molar-refractivity contribution is 9.10. The van der Waals surface area contributed by atoms with Crippen molar-refractivity contribution in [2.45, 2.75) is 4.90 Å². The summed E-state index contributed by atoms with van der Waals surface area (Å²) in [5.41, 5.74) is 6.03. The molecular formula is C12H9Br2FN2O2S. The van der Waals surface area contributed by atoms with Gasteiger partial charge in [-0.1, -0.05) is 15.9 Å². The molecule has 0 radical (unpaired) electrons. The second kappa shape index (κ2) is 5.71. The van der Waals surface area contributed by atoms with E-state index in [1.165, 1.54) is 24.3 Å². The SMILES string of the molecule is Nc1ccc(Br)cc1S(=O)(=O)Nc1ccc(F)c(Br)c1. The van der Waals surface area contributed by atoms with E-state index >= 15 is 0 Å². The van der Waals surface area contributed by atoms with Crippen LogP contribution in [0, 0.1) is 5.82 Å². The molecule has 0 spiro atoms. The van der Waals surface area contributed by atoms with Crippen LogP contribution in [0.15, 0.2) is 50.2 Å². The van der Waals surface area contributed by atoms with E-state index in [-0.39, 0.29) is 20.7 Å². The Labute approximate surface area is 132 Å². The lowest BCUT2D eigenvalue weighted by atomic mass is 10.3. The summed E-state index contributed by atoms with van der Waals surface area (Å²) in [4.78, 5) is -0.0488. The molecule has 0 aromatic heterocycles. The van der Waals surface area contributed by atoms with E-state index in [2.05, 4.69) is 36.6 Å². The van der Waals surface area contributed by atoms with Crippen LogP contribution in [0.5, 0.6) is 0 Å². The Kier molecular flexibility index (Phi) is 4.36. The van der Waals surface area contributed by atoms with Crippen molar-refractivity contribution in [2.75, 3.05) is 10.5 Å². The highest BCUT2D eigenvalue weighted by atomic mass is 79.9. The molecule has 0 atom stereocenters. The van der Waals surface area contributed by atoms with Crippen molar-refractivity contribution in [3.05, 3.63) is 51.2 Å². The van der Waals surface area contributed by atoms with E-state index in [0.29, 0.717) is 4.47 Å². The van der Waals surface area contributed by atoms with Gasteiger partial charge in [0.15, 0.2) is 0 Å². The summed E-state index contributed by atoms with van der Waals surface area (Å²) < 4.78 is 40.7. The number of benzene rings is 2. The predicted octanol–water partition coefficient (Wildman–Crippen LogP) is 3.73. The fraction of sp³-hybridized carbons (Fsp3) is 0. The van der Waals surface area contributed by atoms with Crippen molar-refractivity contribution in [1.82, 2.24) is 0 Å². The topological polar surface area (TPSA) is 72.2 Å². The molecule has 0 aliphatic rings. The van der Waals surface area contributed by atoms with Gasteiger partial charge in [-0.2, -0.15) is 0 Å². The van der Waals surface area contributed by atoms with Crippen LogP contribution in [0.4, 0.5) is 15.8 Å². The Morgan fingerprint density at radius 3 is 2.45 bits per heavy atom. The molecule has 0 aliphatic heterocycles. The second-order valence-electron chi connectivity index (χ2n) is 3.92. The van der Waals surface area contributed by atoms with E-state index in [1.807, 2.05) is 0 Å². The van der Waals surface area contributed by atoms with Gasteiger partial charge >= 0.3 is 0 Å². The van der Waals surface area contributed by atoms with Gasteiger partial charge in [0, 0.05) is 4.47 Å². The summed E-state index contributed by atoms with van der Waals surface area (Å²) >= 11 is 6.18. The molecule has 0 aliphatic carbocycles. The minimum absolute atomic E-state index is 0.0488. The molecule has 0 unspecified atom stereocenters. The van der Waals surface area contributed by atoms with E-state index in [9.17, 15) is 12.8 Å². The first-order chi connectivity index (χ1) is 9.29. The minimum atomic E-state index is -3.84. The molecule has 0 saturated carbocycles. The van der Waals surface area contributed by atoms with Crippen LogP contribution < -0.4 is 10.5 Å². The van der Waals surface area contributed by atoms with Crippen LogP contribution in [0.2, 0.25) is 0 Å². The first kappa shape index (κ1) is 15.3. The standard InChI is InChI=1S/C12H9Br2FN2O2S/c13-7-1-4-11(16)12(5-7)20(18,19)17-8-2-3-10(15)9(14)6-8/h1-6,17H,16H2. The highest BCUT2D eigenvalue weighted by Crippen LogP contribution is 2.26. The largest absolute Gasteiger partial charge is 0.398 e. The van der Waals surface area contributed by atoms with Crippen LogP contribution >= 0.6 is 31.9 Å². The maximum Gasteiger partial charge on any atom is 0.263 e. The molecule has 106 valence electrons. The van der Waals surface area contributed by atoms with Gasteiger partial charge in [0.05, 0.1) is 15.8 Å². The lowest BCUT2D eigenvalue weighted by Gasteiger charge is -2.11. The van der Waals surface area contributed by atoms with Crippen molar-refractivity contribution in [3.8, 4) is 0 Å². The van der Waals surface area contributed by atoms with Crippen molar-refractivity contribution in [3.63, 3.8) is 0 Å². The monoisotopic (exact) mass is 422 g/mol. The Balaban J connectivity index is 2.40. The maximum absolute atomic E-state index is 13.1. The number of hydrogen-bond donors (Lipinski definition) is 2. The summed E-state index contributed by atoms with van der Waals surface area (Å²) in [5, 5.41) is 0. The molecule has 0 bridgehead atoms. The van der Waals surface area contributed by atoms with Gasteiger partial charge in [0.2, 0.25) is 0 Å². The molecule has 2 aromatic carbocycles. The quantitative estimate of drug-likeness (QED) is 0.738. The van der Waals surface area contributed by atoms with Crippen LogP contribution in [0.3, 0.4) is 0 Å². The first-order valence-electron chi connectivity index (χ1n) is 5.32. The average molecular weight is 424 g/mol. The van der Waals surface area contributed by atoms with Gasteiger partial charge in [-0.3, -0.25) is 4.72 Å². The number of nitrogen functional groups attached to an aromatic ring is 1. The van der Waals surface area contributed by atoms with E-state index < -0.39 is 15.8 Å². The zero-order valence-corrected chi connectivity index (χ0v) is 13.9. The normalized spacial score (nSPS) is 11.3.